The first-order chi connectivity index (χ1) is 9.54. The van der Waals surface area contributed by atoms with E-state index in [4.69, 9.17) is 0 Å². The van der Waals surface area contributed by atoms with Crippen molar-refractivity contribution in [1.29, 1.82) is 0 Å². The van der Waals surface area contributed by atoms with Crippen LogP contribution in [0.3, 0.4) is 0 Å². The van der Waals surface area contributed by atoms with Crippen LogP contribution in [0.4, 0.5) is 0 Å². The van der Waals surface area contributed by atoms with Gasteiger partial charge in [0.05, 0.1) is 0 Å². The second-order valence-corrected chi connectivity index (χ2v) is 5.00. The SMILES string of the molecule is CC[C@H](CCCNC(C)=O)NCCC(=O)N(CC)CC. The Labute approximate surface area is 123 Å². The molecular weight excluding hydrogens is 254 g/mol. The maximum Gasteiger partial charge on any atom is 0.223 e. The molecule has 0 spiro atoms. The lowest BCUT2D eigenvalue weighted by molar-refractivity contribution is -0.130. The Balaban J connectivity index is 3.78. The summed E-state index contributed by atoms with van der Waals surface area (Å²) in [6.07, 6.45) is 3.59. The molecule has 0 aromatic rings. The molecule has 0 radical (unpaired) electrons. The average Bonchev–Trinajstić information content (AvgIpc) is 2.42. The zero-order valence-electron chi connectivity index (χ0n) is 13.5. The number of rotatable bonds is 11. The lowest BCUT2D eigenvalue weighted by Crippen LogP contribution is -2.36. The predicted molar refractivity (Wildman–Crippen MR) is 82.5 cm³/mol. The zero-order chi connectivity index (χ0) is 15.4. The van der Waals surface area contributed by atoms with Gasteiger partial charge in [-0.3, -0.25) is 9.59 Å². The minimum absolute atomic E-state index is 0.0239. The number of amides is 2. The monoisotopic (exact) mass is 285 g/mol. The maximum absolute atomic E-state index is 11.8. The van der Waals surface area contributed by atoms with Crippen molar-refractivity contribution >= 4 is 11.8 Å². The van der Waals surface area contributed by atoms with E-state index in [2.05, 4.69) is 17.6 Å². The molecule has 1 atom stereocenters. The average molecular weight is 285 g/mol. The van der Waals surface area contributed by atoms with Gasteiger partial charge < -0.3 is 15.5 Å². The third kappa shape index (κ3) is 8.91. The van der Waals surface area contributed by atoms with Crippen molar-refractivity contribution in [3.05, 3.63) is 0 Å². The zero-order valence-corrected chi connectivity index (χ0v) is 13.5. The molecule has 5 nitrogen and oxygen atoms in total. The fraction of sp³-hybridized carbons (Fsp3) is 0.867. The standard InChI is InChI=1S/C15H31N3O2/c1-5-14(9-8-11-16-13(4)19)17-12-10-15(20)18(6-2)7-3/h14,17H,5-12H2,1-4H3,(H,16,19)/t14-/m1/s1. The fourth-order valence-electron chi connectivity index (χ4n) is 2.18. The Bertz CT molecular complexity index is 278. The molecule has 0 aromatic carbocycles. The number of carbonyl (C=O) groups is 2. The minimum atomic E-state index is 0.0239. The Hall–Kier alpha value is -1.10. The molecule has 2 amide bonds. The summed E-state index contributed by atoms with van der Waals surface area (Å²) in [4.78, 5) is 24.5. The summed E-state index contributed by atoms with van der Waals surface area (Å²) >= 11 is 0. The highest BCUT2D eigenvalue weighted by Gasteiger charge is 2.10. The molecule has 0 aliphatic rings. The van der Waals surface area contributed by atoms with Crippen molar-refractivity contribution in [1.82, 2.24) is 15.5 Å². The molecular formula is C15H31N3O2. The summed E-state index contributed by atoms with van der Waals surface area (Å²) in [6, 6.07) is 0.424. The van der Waals surface area contributed by atoms with Crippen LogP contribution < -0.4 is 10.6 Å². The number of carbonyl (C=O) groups excluding carboxylic acids is 2. The van der Waals surface area contributed by atoms with Crippen LogP contribution in [0.25, 0.3) is 0 Å². The van der Waals surface area contributed by atoms with Crippen molar-refractivity contribution in [2.24, 2.45) is 0 Å². The molecule has 2 N–H and O–H groups in total. The quantitative estimate of drug-likeness (QED) is 0.566. The van der Waals surface area contributed by atoms with E-state index < -0.39 is 0 Å². The summed E-state index contributed by atoms with van der Waals surface area (Å²) in [5, 5.41) is 6.23. The molecule has 0 heterocycles. The normalized spacial score (nSPS) is 12.0. The highest BCUT2D eigenvalue weighted by atomic mass is 16.2. The second kappa shape index (κ2) is 11.7. The van der Waals surface area contributed by atoms with Crippen molar-refractivity contribution in [2.75, 3.05) is 26.2 Å². The van der Waals surface area contributed by atoms with E-state index in [1.54, 1.807) is 0 Å². The van der Waals surface area contributed by atoms with Crippen LogP contribution >= 0.6 is 0 Å². The van der Waals surface area contributed by atoms with Crippen LogP contribution in [0.15, 0.2) is 0 Å². The number of hydrogen-bond donors (Lipinski definition) is 2. The third-order valence-corrected chi connectivity index (χ3v) is 3.48. The van der Waals surface area contributed by atoms with Gasteiger partial charge in [-0.05, 0) is 33.1 Å². The number of hydrogen-bond acceptors (Lipinski definition) is 3. The van der Waals surface area contributed by atoms with Gasteiger partial charge in [0.1, 0.15) is 0 Å². The third-order valence-electron chi connectivity index (χ3n) is 3.48. The Morgan fingerprint density at radius 2 is 1.75 bits per heavy atom. The van der Waals surface area contributed by atoms with E-state index in [9.17, 15) is 9.59 Å². The molecule has 0 aromatic heterocycles. The smallest absolute Gasteiger partial charge is 0.223 e. The highest BCUT2D eigenvalue weighted by Crippen LogP contribution is 2.02. The summed E-state index contributed by atoms with van der Waals surface area (Å²) < 4.78 is 0. The molecule has 20 heavy (non-hydrogen) atoms. The first-order valence-electron chi connectivity index (χ1n) is 7.80. The number of nitrogens with zero attached hydrogens (tertiary/aromatic N) is 1. The van der Waals surface area contributed by atoms with Crippen LogP contribution in [-0.2, 0) is 9.59 Å². The van der Waals surface area contributed by atoms with Gasteiger partial charge >= 0.3 is 0 Å². The topological polar surface area (TPSA) is 61.4 Å². The predicted octanol–water partition coefficient (Wildman–Crippen LogP) is 1.53. The van der Waals surface area contributed by atoms with Gasteiger partial charge in [0.2, 0.25) is 11.8 Å². The summed E-state index contributed by atoms with van der Waals surface area (Å²) in [5.41, 5.74) is 0. The summed E-state index contributed by atoms with van der Waals surface area (Å²) in [5.74, 6) is 0.242. The van der Waals surface area contributed by atoms with Crippen molar-refractivity contribution in [2.45, 2.75) is 59.4 Å². The van der Waals surface area contributed by atoms with Gasteiger partial charge in [-0.25, -0.2) is 0 Å². The molecule has 118 valence electrons. The van der Waals surface area contributed by atoms with Gasteiger partial charge in [-0.15, -0.1) is 0 Å². The van der Waals surface area contributed by atoms with Gasteiger partial charge in [-0.2, -0.15) is 0 Å². The van der Waals surface area contributed by atoms with Crippen molar-refractivity contribution in [3.63, 3.8) is 0 Å². The molecule has 0 bridgehead atoms. The molecule has 0 fully saturated rings. The van der Waals surface area contributed by atoms with Crippen molar-refractivity contribution < 1.29 is 9.59 Å². The van der Waals surface area contributed by atoms with Gasteiger partial charge in [-0.1, -0.05) is 6.92 Å². The lowest BCUT2D eigenvalue weighted by atomic mass is 10.1. The second-order valence-electron chi connectivity index (χ2n) is 5.00. The summed E-state index contributed by atoms with van der Waals surface area (Å²) in [6.45, 7) is 10.7. The molecule has 0 saturated heterocycles. The summed E-state index contributed by atoms with van der Waals surface area (Å²) in [7, 11) is 0. The van der Waals surface area contributed by atoms with Crippen LogP contribution in [0.5, 0.6) is 0 Å². The first kappa shape index (κ1) is 18.9. The number of nitrogens with one attached hydrogen (secondary N) is 2. The Kier molecular flexibility index (Phi) is 11.1. The Morgan fingerprint density at radius 1 is 1.10 bits per heavy atom. The van der Waals surface area contributed by atoms with E-state index in [-0.39, 0.29) is 11.8 Å². The van der Waals surface area contributed by atoms with Crippen LogP contribution in [0.2, 0.25) is 0 Å². The van der Waals surface area contributed by atoms with Crippen molar-refractivity contribution in [3.8, 4) is 0 Å². The highest BCUT2D eigenvalue weighted by molar-refractivity contribution is 5.76. The molecule has 0 aliphatic heterocycles. The first-order valence-corrected chi connectivity index (χ1v) is 7.80. The van der Waals surface area contributed by atoms with E-state index in [0.717, 1.165) is 45.4 Å². The van der Waals surface area contributed by atoms with Gasteiger partial charge in [0.25, 0.3) is 0 Å². The van der Waals surface area contributed by atoms with Crippen LogP contribution in [0.1, 0.15) is 53.4 Å². The fourth-order valence-corrected chi connectivity index (χ4v) is 2.18. The molecule has 0 saturated carbocycles. The largest absolute Gasteiger partial charge is 0.356 e. The maximum atomic E-state index is 11.8. The van der Waals surface area contributed by atoms with E-state index >= 15 is 0 Å². The van der Waals surface area contributed by atoms with Gasteiger partial charge in [0, 0.05) is 45.6 Å². The van der Waals surface area contributed by atoms with Crippen LogP contribution in [-0.4, -0.2) is 48.9 Å². The van der Waals surface area contributed by atoms with E-state index in [0.29, 0.717) is 12.5 Å². The lowest BCUT2D eigenvalue weighted by Gasteiger charge is -2.20. The molecule has 0 aliphatic carbocycles. The van der Waals surface area contributed by atoms with Gasteiger partial charge in [0.15, 0.2) is 0 Å². The molecule has 0 rings (SSSR count). The van der Waals surface area contributed by atoms with E-state index in [1.807, 2.05) is 18.7 Å². The minimum Gasteiger partial charge on any atom is -0.356 e. The van der Waals surface area contributed by atoms with E-state index in [1.165, 1.54) is 6.92 Å². The Morgan fingerprint density at radius 3 is 2.25 bits per heavy atom. The van der Waals surface area contributed by atoms with Crippen LogP contribution in [0, 0.1) is 0 Å². The molecule has 0 unspecified atom stereocenters. The molecule has 5 heteroatoms.